The molecule has 0 spiro atoms. The summed E-state index contributed by atoms with van der Waals surface area (Å²) in [6, 6.07) is 6.86. The van der Waals surface area contributed by atoms with Crippen LogP contribution in [0.1, 0.15) is 35.4 Å². The minimum Gasteiger partial charge on any atom is -0.381 e. The number of rotatable bonds is 7. The van der Waals surface area contributed by atoms with E-state index in [0.29, 0.717) is 15.5 Å². The Bertz CT molecular complexity index is 694. The smallest absolute Gasteiger partial charge is 0.175 e. The van der Waals surface area contributed by atoms with E-state index in [1.807, 2.05) is 19.2 Å². The number of nitrogens with one attached hydrogen (secondary N) is 1. The molecule has 0 aliphatic carbocycles. The van der Waals surface area contributed by atoms with Crippen LogP contribution in [0.2, 0.25) is 0 Å². The van der Waals surface area contributed by atoms with Crippen molar-refractivity contribution >= 4 is 27.2 Å². The number of fused-ring (bicyclic) bond motifs is 1. The second kappa shape index (κ2) is 8.19. The van der Waals surface area contributed by atoms with Gasteiger partial charge in [-0.15, -0.1) is 11.3 Å². The molecule has 1 unspecified atom stereocenters. The first-order valence-corrected chi connectivity index (χ1v) is 9.45. The lowest BCUT2D eigenvalue weighted by Gasteiger charge is -2.26. The number of carbonyl (C=O) groups excluding carboxylic acids is 1. The number of thiophene rings is 1. The summed E-state index contributed by atoms with van der Waals surface area (Å²) in [5.41, 5.74) is 0. The monoisotopic (exact) mass is 349 g/mol. The van der Waals surface area contributed by atoms with Gasteiger partial charge in [0.2, 0.25) is 0 Å². The predicted molar refractivity (Wildman–Crippen MR) is 96.3 cm³/mol. The molecule has 2 aromatic rings. The van der Waals surface area contributed by atoms with Gasteiger partial charge >= 0.3 is 0 Å². The van der Waals surface area contributed by atoms with E-state index in [4.69, 9.17) is 4.74 Å². The lowest BCUT2D eigenvalue weighted by atomic mass is 9.84. The van der Waals surface area contributed by atoms with Crippen LogP contribution in [0.25, 0.3) is 10.1 Å². The van der Waals surface area contributed by atoms with Crippen molar-refractivity contribution in [2.75, 3.05) is 26.8 Å². The molecular formula is C19H24FNO2S. The number of ether oxygens (including phenoxy) is 1. The van der Waals surface area contributed by atoms with Crippen molar-refractivity contribution in [3.63, 3.8) is 0 Å². The van der Waals surface area contributed by atoms with Gasteiger partial charge in [0.15, 0.2) is 5.78 Å². The zero-order valence-corrected chi connectivity index (χ0v) is 14.8. The molecule has 130 valence electrons. The van der Waals surface area contributed by atoms with Crippen LogP contribution in [0.5, 0.6) is 0 Å². The molecule has 1 N–H and O–H groups in total. The van der Waals surface area contributed by atoms with Crippen molar-refractivity contribution in [1.82, 2.24) is 5.32 Å². The molecular weight excluding hydrogens is 325 g/mol. The summed E-state index contributed by atoms with van der Waals surface area (Å²) in [6.07, 6.45) is 3.79. The number of ketones is 1. The van der Waals surface area contributed by atoms with Crippen molar-refractivity contribution in [3.8, 4) is 0 Å². The molecule has 0 amide bonds. The van der Waals surface area contributed by atoms with Crippen LogP contribution < -0.4 is 5.32 Å². The van der Waals surface area contributed by atoms with E-state index in [0.717, 1.165) is 50.8 Å². The quantitative estimate of drug-likeness (QED) is 0.759. The number of hydrogen-bond donors (Lipinski definition) is 1. The fourth-order valence-electron chi connectivity index (χ4n) is 3.41. The summed E-state index contributed by atoms with van der Waals surface area (Å²) in [5.74, 6) is 0.470. The molecule has 3 nitrogen and oxygen atoms in total. The van der Waals surface area contributed by atoms with Crippen LogP contribution in [0.3, 0.4) is 0 Å². The molecule has 5 heteroatoms. The highest BCUT2D eigenvalue weighted by atomic mass is 32.1. The standard InChI is InChI=1S/C19H24FNO2S/c1-21-8-5-14(11-13-6-9-23-10-7-13)18(22)17-12-15-3-2-4-16(20)19(15)24-17/h2-4,12-14,21H,5-11H2,1H3. The highest BCUT2D eigenvalue weighted by Crippen LogP contribution is 2.33. The number of halogens is 1. The Balaban J connectivity index is 1.79. The van der Waals surface area contributed by atoms with Crippen LogP contribution in [0.4, 0.5) is 4.39 Å². The van der Waals surface area contributed by atoms with Gasteiger partial charge in [0.05, 0.1) is 9.58 Å². The summed E-state index contributed by atoms with van der Waals surface area (Å²) in [7, 11) is 1.91. The molecule has 1 aromatic heterocycles. The van der Waals surface area contributed by atoms with Gasteiger partial charge in [-0.05, 0) is 62.7 Å². The first-order chi connectivity index (χ1) is 11.7. The topological polar surface area (TPSA) is 38.3 Å². The summed E-state index contributed by atoms with van der Waals surface area (Å²) in [6.45, 7) is 2.41. The van der Waals surface area contributed by atoms with E-state index in [-0.39, 0.29) is 17.5 Å². The first-order valence-electron chi connectivity index (χ1n) is 8.63. The van der Waals surface area contributed by atoms with E-state index in [9.17, 15) is 9.18 Å². The van der Waals surface area contributed by atoms with Crippen molar-refractivity contribution in [2.24, 2.45) is 11.8 Å². The van der Waals surface area contributed by atoms with Crippen molar-refractivity contribution in [3.05, 3.63) is 35.0 Å². The van der Waals surface area contributed by atoms with E-state index in [1.165, 1.54) is 17.4 Å². The molecule has 3 rings (SSSR count). The van der Waals surface area contributed by atoms with Crippen molar-refractivity contribution in [1.29, 1.82) is 0 Å². The maximum atomic E-state index is 13.9. The normalized spacial score (nSPS) is 17.2. The average Bonchev–Trinajstić information content (AvgIpc) is 3.04. The van der Waals surface area contributed by atoms with Gasteiger partial charge in [0, 0.05) is 19.1 Å². The Kier molecular flexibility index (Phi) is 5.98. The van der Waals surface area contributed by atoms with Gasteiger partial charge in [-0.3, -0.25) is 4.79 Å². The Morgan fingerprint density at radius 1 is 1.42 bits per heavy atom. The predicted octanol–water partition coefficient (Wildman–Crippen LogP) is 4.27. The first kappa shape index (κ1) is 17.5. The third-order valence-electron chi connectivity index (χ3n) is 4.81. The van der Waals surface area contributed by atoms with E-state index < -0.39 is 0 Å². The number of hydrogen-bond acceptors (Lipinski definition) is 4. The van der Waals surface area contributed by atoms with Gasteiger partial charge in [-0.25, -0.2) is 4.39 Å². The lowest BCUT2D eigenvalue weighted by molar-refractivity contribution is 0.0554. The van der Waals surface area contributed by atoms with Crippen LogP contribution in [-0.4, -0.2) is 32.6 Å². The van der Waals surface area contributed by atoms with Crippen molar-refractivity contribution < 1.29 is 13.9 Å². The highest BCUT2D eigenvalue weighted by Gasteiger charge is 2.26. The molecule has 24 heavy (non-hydrogen) atoms. The zero-order valence-electron chi connectivity index (χ0n) is 14.0. The Labute approximate surface area is 146 Å². The third-order valence-corrected chi connectivity index (χ3v) is 5.98. The molecule has 1 saturated heterocycles. The Morgan fingerprint density at radius 3 is 2.92 bits per heavy atom. The van der Waals surface area contributed by atoms with Crippen LogP contribution >= 0.6 is 11.3 Å². The molecule has 1 aromatic carbocycles. The summed E-state index contributed by atoms with van der Waals surface area (Å²) in [4.78, 5) is 13.7. The minimum absolute atomic E-state index is 0.00308. The molecule has 1 atom stereocenters. The van der Waals surface area contributed by atoms with Crippen molar-refractivity contribution in [2.45, 2.75) is 25.7 Å². The van der Waals surface area contributed by atoms with Crippen LogP contribution in [0, 0.1) is 17.7 Å². The molecule has 1 aliphatic rings. The van der Waals surface area contributed by atoms with Crippen LogP contribution in [0.15, 0.2) is 24.3 Å². The molecule has 0 bridgehead atoms. The molecule has 0 saturated carbocycles. The van der Waals surface area contributed by atoms with Gasteiger partial charge < -0.3 is 10.1 Å². The van der Waals surface area contributed by atoms with Gasteiger partial charge in [-0.1, -0.05) is 12.1 Å². The molecule has 1 aliphatic heterocycles. The summed E-state index contributed by atoms with van der Waals surface area (Å²) in [5, 5.41) is 3.97. The van der Waals surface area contributed by atoms with Gasteiger partial charge in [0.1, 0.15) is 5.82 Å². The fourth-order valence-corrected chi connectivity index (χ4v) is 4.49. The molecule has 0 radical (unpaired) electrons. The fraction of sp³-hybridized carbons (Fsp3) is 0.526. The SMILES string of the molecule is CNCCC(CC1CCOCC1)C(=O)c1cc2cccc(F)c2s1. The highest BCUT2D eigenvalue weighted by molar-refractivity contribution is 7.20. The van der Waals surface area contributed by atoms with E-state index in [1.54, 1.807) is 6.07 Å². The number of carbonyl (C=O) groups is 1. The second-order valence-electron chi connectivity index (χ2n) is 6.51. The minimum atomic E-state index is -0.243. The molecule has 1 fully saturated rings. The third kappa shape index (κ3) is 4.02. The number of benzene rings is 1. The second-order valence-corrected chi connectivity index (χ2v) is 7.57. The van der Waals surface area contributed by atoms with Gasteiger partial charge in [-0.2, -0.15) is 0 Å². The largest absolute Gasteiger partial charge is 0.381 e. The zero-order chi connectivity index (χ0) is 16.9. The Morgan fingerprint density at radius 2 is 2.21 bits per heavy atom. The van der Waals surface area contributed by atoms with E-state index in [2.05, 4.69) is 5.32 Å². The summed E-state index contributed by atoms with van der Waals surface area (Å²) < 4.78 is 19.9. The lowest BCUT2D eigenvalue weighted by Crippen LogP contribution is -2.25. The maximum Gasteiger partial charge on any atom is 0.175 e. The average molecular weight is 349 g/mol. The summed E-state index contributed by atoms with van der Waals surface area (Å²) >= 11 is 1.29. The van der Waals surface area contributed by atoms with Crippen LogP contribution in [-0.2, 0) is 4.74 Å². The molecule has 2 heterocycles. The Hall–Kier alpha value is -1.30. The van der Waals surface area contributed by atoms with Gasteiger partial charge in [0.25, 0.3) is 0 Å². The number of Topliss-reactive ketones (excluding diaryl/α,β-unsaturated/α-hetero) is 1. The maximum absolute atomic E-state index is 13.9. The van der Waals surface area contributed by atoms with E-state index >= 15 is 0 Å².